The summed E-state index contributed by atoms with van der Waals surface area (Å²) in [6.45, 7) is 13.3. The summed E-state index contributed by atoms with van der Waals surface area (Å²) in [5, 5.41) is 10.1. The van der Waals surface area contributed by atoms with E-state index < -0.39 is 0 Å². The van der Waals surface area contributed by atoms with Crippen LogP contribution in [0.3, 0.4) is 0 Å². The number of aliphatic hydroxyl groups is 1. The molecule has 4 atom stereocenters. The Morgan fingerprint density at radius 3 is 1.77 bits per heavy atom. The van der Waals surface area contributed by atoms with Crippen molar-refractivity contribution in [1.82, 2.24) is 0 Å². The molecule has 128 valence electrons. The van der Waals surface area contributed by atoms with Crippen molar-refractivity contribution in [2.45, 2.75) is 78.6 Å². The zero-order valence-electron chi connectivity index (χ0n) is 15.3. The summed E-state index contributed by atoms with van der Waals surface area (Å²) >= 11 is 4.54. The molecule has 0 spiro atoms. The van der Waals surface area contributed by atoms with Crippen LogP contribution >= 0.6 is 12.6 Å². The Hall–Kier alpha value is -0.210. The molecule has 0 heterocycles. The van der Waals surface area contributed by atoms with E-state index in [-0.39, 0.29) is 6.10 Å². The van der Waals surface area contributed by atoms with E-state index in [0.717, 1.165) is 30.3 Å². The molecule has 4 unspecified atom stereocenters. The molecule has 1 N–H and O–H groups in total. The highest BCUT2D eigenvalue weighted by Gasteiger charge is 2.22. The highest BCUT2D eigenvalue weighted by molar-refractivity contribution is 7.81. The summed E-state index contributed by atoms with van der Waals surface area (Å²) in [7, 11) is 0. The maximum Gasteiger partial charge on any atom is 0.0750 e. The lowest BCUT2D eigenvalue weighted by Crippen LogP contribution is -2.22. The number of aliphatic hydroxyl groups excluding tert-OH is 1. The fraction of sp³-hybridized carbons (Fsp3) is 0.800. The molecule has 0 bridgehead atoms. The Morgan fingerprint density at radius 1 is 0.909 bits per heavy atom. The van der Waals surface area contributed by atoms with E-state index in [1.165, 1.54) is 18.4 Å². The second-order valence-corrected chi connectivity index (χ2v) is 8.50. The Kier molecular flexibility index (Phi) is 8.27. The first kappa shape index (κ1) is 19.8. The lowest BCUT2D eigenvalue weighted by atomic mass is 9.81. The predicted octanol–water partition coefficient (Wildman–Crippen LogP) is 5.66. The molecule has 0 saturated carbocycles. The number of rotatable bonds is 2. The highest BCUT2D eigenvalue weighted by Crippen LogP contribution is 2.31. The SMILES string of the molecule is CC1=CCC(C(C)C)CC1O.CC1=CCC(C(C)C)CC1S. The first-order chi connectivity index (χ1) is 10.2. The second-order valence-electron chi connectivity index (χ2n) is 7.88. The lowest BCUT2D eigenvalue weighted by Gasteiger charge is -2.27. The molecule has 1 nitrogen and oxygen atoms in total. The molecule has 2 aliphatic carbocycles. The van der Waals surface area contributed by atoms with E-state index in [1.54, 1.807) is 0 Å². The molecular weight excluding hydrogens is 288 g/mol. The van der Waals surface area contributed by atoms with Gasteiger partial charge in [-0.3, -0.25) is 0 Å². The van der Waals surface area contributed by atoms with Gasteiger partial charge in [-0.1, -0.05) is 45.4 Å². The Balaban J connectivity index is 0.000000220. The van der Waals surface area contributed by atoms with E-state index in [2.05, 4.69) is 59.4 Å². The number of hydrogen-bond donors (Lipinski definition) is 2. The van der Waals surface area contributed by atoms with Crippen LogP contribution in [0.2, 0.25) is 0 Å². The lowest BCUT2D eigenvalue weighted by molar-refractivity contribution is 0.149. The van der Waals surface area contributed by atoms with Gasteiger partial charge < -0.3 is 5.11 Å². The normalized spacial score (nSPS) is 32.3. The molecule has 2 rings (SSSR count). The van der Waals surface area contributed by atoms with Gasteiger partial charge in [0.2, 0.25) is 0 Å². The second kappa shape index (κ2) is 9.17. The van der Waals surface area contributed by atoms with Crippen molar-refractivity contribution in [3.63, 3.8) is 0 Å². The molecule has 0 saturated heterocycles. The van der Waals surface area contributed by atoms with Gasteiger partial charge in [0.1, 0.15) is 0 Å². The molecule has 2 aliphatic rings. The zero-order chi connectivity index (χ0) is 16.9. The van der Waals surface area contributed by atoms with Crippen molar-refractivity contribution in [2.75, 3.05) is 0 Å². The molecule has 22 heavy (non-hydrogen) atoms. The van der Waals surface area contributed by atoms with Gasteiger partial charge in [0.15, 0.2) is 0 Å². The molecular formula is C20H36OS. The van der Waals surface area contributed by atoms with E-state index in [1.807, 2.05) is 6.92 Å². The zero-order valence-corrected chi connectivity index (χ0v) is 16.2. The minimum absolute atomic E-state index is 0.170. The average Bonchev–Trinajstić information content (AvgIpc) is 2.45. The Bertz CT molecular complexity index is 357. The molecule has 0 amide bonds. The van der Waals surface area contributed by atoms with Crippen molar-refractivity contribution in [1.29, 1.82) is 0 Å². The highest BCUT2D eigenvalue weighted by atomic mass is 32.1. The minimum Gasteiger partial charge on any atom is -0.389 e. The molecule has 0 aromatic heterocycles. The Morgan fingerprint density at radius 2 is 1.36 bits per heavy atom. The van der Waals surface area contributed by atoms with Crippen molar-refractivity contribution in [3.05, 3.63) is 23.3 Å². The third kappa shape index (κ3) is 6.12. The van der Waals surface area contributed by atoms with Crippen molar-refractivity contribution < 1.29 is 5.11 Å². The average molecular weight is 325 g/mol. The largest absolute Gasteiger partial charge is 0.389 e. The van der Waals surface area contributed by atoms with Crippen LogP contribution in [0.5, 0.6) is 0 Å². The summed E-state index contributed by atoms with van der Waals surface area (Å²) in [6.07, 6.45) is 9.01. The van der Waals surface area contributed by atoms with Crippen LogP contribution in [-0.2, 0) is 0 Å². The van der Waals surface area contributed by atoms with Crippen LogP contribution < -0.4 is 0 Å². The van der Waals surface area contributed by atoms with Crippen LogP contribution in [-0.4, -0.2) is 16.5 Å². The molecule has 0 aromatic rings. The molecule has 0 fully saturated rings. The summed E-state index contributed by atoms with van der Waals surface area (Å²) in [5.41, 5.74) is 2.62. The summed E-state index contributed by atoms with van der Waals surface area (Å²) in [4.78, 5) is 0. The van der Waals surface area contributed by atoms with E-state index in [9.17, 15) is 5.11 Å². The third-order valence-electron chi connectivity index (χ3n) is 5.47. The van der Waals surface area contributed by atoms with Gasteiger partial charge in [0, 0.05) is 5.25 Å². The van der Waals surface area contributed by atoms with Gasteiger partial charge in [-0.05, 0) is 68.8 Å². The number of allylic oxidation sites excluding steroid dienone is 2. The van der Waals surface area contributed by atoms with Crippen LogP contribution in [0.1, 0.15) is 67.2 Å². The van der Waals surface area contributed by atoms with Crippen molar-refractivity contribution >= 4 is 12.6 Å². The van der Waals surface area contributed by atoms with Crippen LogP contribution in [0.15, 0.2) is 23.3 Å². The van der Waals surface area contributed by atoms with Gasteiger partial charge in [-0.25, -0.2) is 0 Å². The van der Waals surface area contributed by atoms with Gasteiger partial charge in [0.05, 0.1) is 6.10 Å². The monoisotopic (exact) mass is 324 g/mol. The molecule has 0 radical (unpaired) electrons. The summed E-state index contributed by atoms with van der Waals surface area (Å²) < 4.78 is 0. The molecule has 0 aromatic carbocycles. The van der Waals surface area contributed by atoms with Gasteiger partial charge in [-0.2, -0.15) is 12.6 Å². The fourth-order valence-corrected chi connectivity index (χ4v) is 3.55. The topological polar surface area (TPSA) is 20.2 Å². The van der Waals surface area contributed by atoms with E-state index in [4.69, 9.17) is 0 Å². The predicted molar refractivity (Wildman–Crippen MR) is 101 cm³/mol. The van der Waals surface area contributed by atoms with Crippen molar-refractivity contribution in [2.24, 2.45) is 23.7 Å². The van der Waals surface area contributed by atoms with E-state index in [0.29, 0.717) is 17.1 Å². The Labute approximate surface area is 143 Å². The van der Waals surface area contributed by atoms with Crippen molar-refractivity contribution in [3.8, 4) is 0 Å². The minimum atomic E-state index is -0.170. The quantitative estimate of drug-likeness (QED) is 0.496. The van der Waals surface area contributed by atoms with Gasteiger partial charge >= 0.3 is 0 Å². The number of thiol groups is 1. The summed E-state index contributed by atoms with van der Waals surface area (Å²) in [6, 6.07) is 0. The maximum atomic E-state index is 9.53. The van der Waals surface area contributed by atoms with Crippen LogP contribution in [0.25, 0.3) is 0 Å². The smallest absolute Gasteiger partial charge is 0.0750 e. The number of hydrogen-bond acceptors (Lipinski definition) is 2. The summed E-state index contributed by atoms with van der Waals surface area (Å²) in [5.74, 6) is 3.07. The first-order valence-electron chi connectivity index (χ1n) is 8.91. The van der Waals surface area contributed by atoms with Gasteiger partial charge in [-0.15, -0.1) is 0 Å². The van der Waals surface area contributed by atoms with E-state index >= 15 is 0 Å². The molecule has 0 aliphatic heterocycles. The van der Waals surface area contributed by atoms with Crippen LogP contribution in [0.4, 0.5) is 0 Å². The third-order valence-corrected chi connectivity index (χ3v) is 6.09. The van der Waals surface area contributed by atoms with Gasteiger partial charge in [0.25, 0.3) is 0 Å². The first-order valence-corrected chi connectivity index (χ1v) is 9.43. The maximum absolute atomic E-state index is 9.53. The van der Waals surface area contributed by atoms with Crippen LogP contribution in [0, 0.1) is 23.7 Å². The fourth-order valence-electron chi connectivity index (χ4n) is 3.17. The standard InChI is InChI=1S/C10H18O.C10H18S/c2*1-7(2)9-5-4-8(3)10(11)6-9/h2*4,7,9-11H,5-6H2,1-3H3. The molecule has 2 heteroatoms.